The summed E-state index contributed by atoms with van der Waals surface area (Å²) in [6.07, 6.45) is 0. The van der Waals surface area contributed by atoms with Crippen molar-refractivity contribution in [1.29, 1.82) is 5.26 Å². The van der Waals surface area contributed by atoms with E-state index in [1.807, 2.05) is 35.2 Å². The minimum Gasteiger partial charge on any atom is -0.393 e. The second kappa shape index (κ2) is 5.28. The van der Waals surface area contributed by atoms with Crippen molar-refractivity contribution in [2.45, 2.75) is 12.1 Å². The largest absolute Gasteiger partial charge is 0.393 e. The maximum Gasteiger partial charge on any atom is 0.156 e. The van der Waals surface area contributed by atoms with Crippen LogP contribution in [0.15, 0.2) is 30.3 Å². The zero-order valence-corrected chi connectivity index (χ0v) is 9.67. The normalized spacial score (nSPS) is 25.4. The van der Waals surface area contributed by atoms with Crippen LogP contribution < -0.4 is 0 Å². The van der Waals surface area contributed by atoms with Crippen molar-refractivity contribution in [3.8, 4) is 6.07 Å². The fourth-order valence-corrected chi connectivity index (χ4v) is 2.04. The first-order valence-electron chi connectivity index (χ1n) is 5.69. The van der Waals surface area contributed by atoms with Crippen LogP contribution in [0.25, 0.3) is 0 Å². The van der Waals surface area contributed by atoms with Crippen LogP contribution in [-0.2, 0) is 11.3 Å². The second-order valence-corrected chi connectivity index (χ2v) is 4.26. The molecule has 1 aromatic carbocycles. The number of benzene rings is 1. The van der Waals surface area contributed by atoms with Crippen LogP contribution in [0.3, 0.4) is 0 Å². The Balaban J connectivity index is 2.15. The summed E-state index contributed by atoms with van der Waals surface area (Å²) >= 11 is 0. The molecule has 90 valence electrons. The van der Waals surface area contributed by atoms with Crippen molar-refractivity contribution in [1.82, 2.24) is 4.90 Å². The van der Waals surface area contributed by atoms with Crippen LogP contribution in [-0.4, -0.2) is 41.9 Å². The Morgan fingerprint density at radius 1 is 1.41 bits per heavy atom. The Bertz CT molecular complexity index is 402. The van der Waals surface area contributed by atoms with Crippen LogP contribution in [0.2, 0.25) is 0 Å². The summed E-state index contributed by atoms with van der Waals surface area (Å²) < 4.78 is 5.31. The molecule has 4 nitrogen and oxygen atoms in total. The summed E-state index contributed by atoms with van der Waals surface area (Å²) in [5.74, 6) is 0. The maximum absolute atomic E-state index is 9.45. The Morgan fingerprint density at radius 3 is 2.82 bits per heavy atom. The number of hydrogen-bond donors (Lipinski definition) is 1. The third kappa shape index (κ3) is 2.47. The van der Waals surface area contributed by atoms with Crippen molar-refractivity contribution < 1.29 is 9.84 Å². The molecule has 0 spiro atoms. The minimum atomic E-state index is -0.895. The van der Waals surface area contributed by atoms with Crippen LogP contribution in [0.5, 0.6) is 0 Å². The zero-order chi connectivity index (χ0) is 12.1. The van der Waals surface area contributed by atoms with Gasteiger partial charge < -0.3 is 9.84 Å². The molecule has 1 aliphatic rings. The third-order valence-electron chi connectivity index (χ3n) is 3.14. The molecule has 1 fully saturated rings. The molecule has 0 amide bonds. The number of ether oxygens (including phenoxy) is 1. The maximum atomic E-state index is 9.45. The summed E-state index contributed by atoms with van der Waals surface area (Å²) in [6, 6.07) is 12.1. The van der Waals surface area contributed by atoms with E-state index in [0.717, 1.165) is 5.56 Å². The number of nitrogens with zero attached hydrogens (tertiary/aromatic N) is 2. The van der Waals surface area contributed by atoms with Crippen molar-refractivity contribution in [3.63, 3.8) is 0 Å². The fourth-order valence-electron chi connectivity index (χ4n) is 2.04. The van der Waals surface area contributed by atoms with Gasteiger partial charge in [-0.2, -0.15) is 5.26 Å². The van der Waals surface area contributed by atoms with Crippen molar-refractivity contribution in [3.05, 3.63) is 35.9 Å². The molecule has 2 rings (SSSR count). The van der Waals surface area contributed by atoms with Gasteiger partial charge in [-0.05, 0) is 5.56 Å². The van der Waals surface area contributed by atoms with E-state index in [9.17, 15) is 10.4 Å². The van der Waals surface area contributed by atoms with Gasteiger partial charge in [0.15, 0.2) is 5.54 Å². The Hall–Kier alpha value is -1.41. The molecule has 1 aliphatic heterocycles. The van der Waals surface area contributed by atoms with Gasteiger partial charge in [0.05, 0.1) is 25.9 Å². The van der Waals surface area contributed by atoms with E-state index in [-0.39, 0.29) is 13.2 Å². The van der Waals surface area contributed by atoms with E-state index < -0.39 is 5.54 Å². The lowest BCUT2D eigenvalue weighted by Gasteiger charge is -2.40. The van der Waals surface area contributed by atoms with Gasteiger partial charge in [-0.3, -0.25) is 4.90 Å². The molecule has 0 bridgehead atoms. The van der Waals surface area contributed by atoms with Crippen LogP contribution in [0.1, 0.15) is 5.56 Å². The fraction of sp³-hybridized carbons (Fsp3) is 0.462. The van der Waals surface area contributed by atoms with Crippen molar-refractivity contribution >= 4 is 0 Å². The SMILES string of the molecule is N#CC1(CO)COCCN1Cc1ccccc1. The zero-order valence-electron chi connectivity index (χ0n) is 9.67. The molecule has 0 aromatic heterocycles. The van der Waals surface area contributed by atoms with Crippen molar-refractivity contribution in [2.24, 2.45) is 0 Å². The van der Waals surface area contributed by atoms with Gasteiger partial charge in [0, 0.05) is 13.1 Å². The summed E-state index contributed by atoms with van der Waals surface area (Å²) in [5, 5.41) is 18.7. The minimum absolute atomic E-state index is 0.198. The first kappa shape index (κ1) is 12.1. The molecule has 1 N–H and O–H groups in total. The topological polar surface area (TPSA) is 56.5 Å². The standard InChI is InChI=1S/C13H16N2O2/c14-9-13(10-16)11-17-7-6-15(13)8-12-4-2-1-3-5-12/h1-5,16H,6-8,10-11H2. The number of hydrogen-bond acceptors (Lipinski definition) is 4. The highest BCUT2D eigenvalue weighted by Crippen LogP contribution is 2.21. The molecule has 0 saturated carbocycles. The van der Waals surface area contributed by atoms with Gasteiger partial charge in [-0.1, -0.05) is 30.3 Å². The van der Waals surface area contributed by atoms with E-state index in [1.165, 1.54) is 0 Å². The molecule has 0 aliphatic carbocycles. The van der Waals surface area contributed by atoms with Crippen LogP contribution in [0, 0.1) is 11.3 Å². The predicted molar refractivity (Wildman–Crippen MR) is 63.1 cm³/mol. The Labute approximate surface area is 101 Å². The Morgan fingerprint density at radius 2 is 2.18 bits per heavy atom. The lowest BCUT2D eigenvalue weighted by atomic mass is 9.99. The van der Waals surface area contributed by atoms with E-state index >= 15 is 0 Å². The predicted octanol–water partition coefficient (Wildman–Crippen LogP) is 0.773. The average molecular weight is 232 g/mol. The van der Waals surface area contributed by atoms with Crippen molar-refractivity contribution in [2.75, 3.05) is 26.4 Å². The third-order valence-corrected chi connectivity index (χ3v) is 3.14. The molecular formula is C13H16N2O2. The quantitative estimate of drug-likeness (QED) is 0.836. The van der Waals surface area contributed by atoms with E-state index in [1.54, 1.807) is 0 Å². The van der Waals surface area contributed by atoms with Crippen LogP contribution in [0.4, 0.5) is 0 Å². The molecule has 1 saturated heterocycles. The van der Waals surface area contributed by atoms with Gasteiger partial charge in [0.1, 0.15) is 0 Å². The highest BCUT2D eigenvalue weighted by Gasteiger charge is 2.39. The van der Waals surface area contributed by atoms with Gasteiger partial charge in [0.25, 0.3) is 0 Å². The van der Waals surface area contributed by atoms with Gasteiger partial charge >= 0.3 is 0 Å². The number of rotatable bonds is 3. The monoisotopic (exact) mass is 232 g/mol. The number of nitriles is 1. The lowest BCUT2D eigenvalue weighted by Crippen LogP contribution is -2.57. The molecule has 0 radical (unpaired) electrons. The smallest absolute Gasteiger partial charge is 0.156 e. The van der Waals surface area contributed by atoms with E-state index in [4.69, 9.17) is 4.74 Å². The first-order chi connectivity index (χ1) is 8.30. The number of morpholine rings is 1. The highest BCUT2D eigenvalue weighted by molar-refractivity contribution is 5.17. The Kier molecular flexibility index (Phi) is 3.75. The molecule has 1 atom stereocenters. The number of aliphatic hydroxyl groups excluding tert-OH is 1. The molecule has 1 unspecified atom stereocenters. The summed E-state index contributed by atoms with van der Waals surface area (Å²) in [7, 11) is 0. The molecule has 1 aromatic rings. The second-order valence-electron chi connectivity index (χ2n) is 4.26. The van der Waals surface area contributed by atoms with Gasteiger partial charge in [0.2, 0.25) is 0 Å². The number of aliphatic hydroxyl groups is 1. The molecule has 1 heterocycles. The van der Waals surface area contributed by atoms with E-state index in [2.05, 4.69) is 6.07 Å². The first-order valence-corrected chi connectivity index (χ1v) is 5.69. The van der Waals surface area contributed by atoms with E-state index in [0.29, 0.717) is 19.7 Å². The van der Waals surface area contributed by atoms with Gasteiger partial charge in [-0.25, -0.2) is 0 Å². The van der Waals surface area contributed by atoms with Gasteiger partial charge in [-0.15, -0.1) is 0 Å². The van der Waals surface area contributed by atoms with Crippen LogP contribution >= 0.6 is 0 Å². The summed E-state index contributed by atoms with van der Waals surface area (Å²) in [4.78, 5) is 1.99. The molecule has 4 heteroatoms. The lowest BCUT2D eigenvalue weighted by molar-refractivity contribution is -0.0671. The summed E-state index contributed by atoms with van der Waals surface area (Å²) in [5.41, 5.74) is 0.246. The average Bonchev–Trinajstić information content (AvgIpc) is 2.41. The molecular weight excluding hydrogens is 216 g/mol. The summed E-state index contributed by atoms with van der Waals surface area (Å²) in [6.45, 7) is 2.01. The highest BCUT2D eigenvalue weighted by atomic mass is 16.5. The molecule has 17 heavy (non-hydrogen) atoms.